The second-order valence-electron chi connectivity index (χ2n) is 14.1. The van der Waals surface area contributed by atoms with E-state index < -0.39 is 0 Å². The predicted molar refractivity (Wildman–Crippen MR) is 237 cm³/mol. The molecule has 0 amide bonds. The summed E-state index contributed by atoms with van der Waals surface area (Å²) in [5.74, 6) is 0. The summed E-state index contributed by atoms with van der Waals surface area (Å²) in [6.07, 6.45) is 1.78. The molecule has 57 heavy (non-hydrogen) atoms. The van der Waals surface area contributed by atoms with Gasteiger partial charge in [-0.05, 0) is 96.3 Å². The topological polar surface area (TPSA) is 89.6 Å². The molecule has 5 heteroatoms. The number of pyridine rings is 2. The molecular weight excluding hydrogens is 695 g/mol. The number of quaternary nitrogens is 1. The smallest absolute Gasteiger partial charge is 0.139 e. The van der Waals surface area contributed by atoms with Crippen LogP contribution in [0.25, 0.3) is 73.0 Å². The minimum atomic E-state index is 0.442. The quantitative estimate of drug-likeness (QED) is 0.137. The van der Waals surface area contributed by atoms with Crippen molar-refractivity contribution < 1.29 is 5.73 Å². The Balaban J connectivity index is 1.37. The average Bonchev–Trinajstić information content (AvgIpc) is 3.27. The van der Waals surface area contributed by atoms with Crippen LogP contribution in [0.3, 0.4) is 0 Å². The maximum absolute atomic E-state index is 8.05. The fourth-order valence-corrected chi connectivity index (χ4v) is 7.02. The second kappa shape index (κ2) is 16.6. The number of allylic oxidation sites excluding steroid dienone is 1. The maximum atomic E-state index is 8.05. The highest BCUT2D eigenvalue weighted by atomic mass is 14.8. The van der Waals surface area contributed by atoms with Crippen molar-refractivity contribution in [2.24, 2.45) is 4.99 Å². The van der Waals surface area contributed by atoms with Gasteiger partial charge in [-0.25, -0.2) is 9.97 Å². The largest absolute Gasteiger partial charge is 0.325 e. The first-order chi connectivity index (χ1) is 27.9. The van der Waals surface area contributed by atoms with Gasteiger partial charge in [0.2, 0.25) is 0 Å². The van der Waals surface area contributed by atoms with Crippen LogP contribution in [0, 0.1) is 5.41 Å². The maximum Gasteiger partial charge on any atom is 0.139 e. The van der Waals surface area contributed by atoms with Crippen molar-refractivity contribution in [1.82, 2.24) is 9.97 Å². The fourth-order valence-electron chi connectivity index (χ4n) is 7.02. The number of aromatic nitrogens is 2. The van der Waals surface area contributed by atoms with Crippen molar-refractivity contribution in [3.05, 3.63) is 205 Å². The van der Waals surface area contributed by atoms with Gasteiger partial charge in [-0.1, -0.05) is 133 Å². The van der Waals surface area contributed by atoms with Gasteiger partial charge in [0, 0.05) is 39.8 Å². The summed E-state index contributed by atoms with van der Waals surface area (Å²) in [5.41, 5.74) is 21.0. The number of nitrogens with zero attached hydrogens (tertiary/aromatic N) is 3. The highest BCUT2D eigenvalue weighted by molar-refractivity contribution is 6.03. The van der Waals surface area contributed by atoms with Gasteiger partial charge in [0.15, 0.2) is 0 Å². The molecule has 2 heterocycles. The van der Waals surface area contributed by atoms with Crippen LogP contribution in [-0.2, 0) is 0 Å². The van der Waals surface area contributed by atoms with E-state index in [9.17, 15) is 0 Å². The normalized spacial score (nSPS) is 11.7. The van der Waals surface area contributed by atoms with E-state index in [0.717, 1.165) is 95.5 Å². The molecule has 0 saturated carbocycles. The Kier molecular flexibility index (Phi) is 10.7. The first-order valence-corrected chi connectivity index (χ1v) is 19.0. The van der Waals surface area contributed by atoms with Gasteiger partial charge in [-0.15, -0.1) is 0 Å². The third-order valence-corrected chi connectivity index (χ3v) is 9.88. The Morgan fingerprint density at radius 2 is 0.807 bits per heavy atom. The molecular formula is C52H42N5+. The number of benzene rings is 6. The summed E-state index contributed by atoms with van der Waals surface area (Å²) in [7, 11) is 0. The summed E-state index contributed by atoms with van der Waals surface area (Å²) in [6.45, 7) is 3.81. The Morgan fingerprint density at radius 3 is 1.19 bits per heavy atom. The SMILES string of the molecule is CC(=N)C=C([NH3+])c1ccccc1N=C(C)c1cc(-c2cc(-c3ccccc3)nc(-c3ccccc3)c2)cc(-c2cc(-c3ccccc3)nc(-c3ccccc3)c2)c1. The molecule has 0 radical (unpaired) electrons. The zero-order valence-electron chi connectivity index (χ0n) is 32.0. The lowest BCUT2D eigenvalue weighted by Gasteiger charge is -2.15. The van der Waals surface area contributed by atoms with E-state index >= 15 is 0 Å². The molecule has 8 aromatic rings. The fraction of sp³-hybridized carbons (Fsp3) is 0.0385. The summed E-state index contributed by atoms with van der Waals surface area (Å²) >= 11 is 0. The highest BCUT2D eigenvalue weighted by Gasteiger charge is 2.16. The van der Waals surface area contributed by atoms with Gasteiger partial charge < -0.3 is 11.1 Å². The van der Waals surface area contributed by atoms with Crippen molar-refractivity contribution >= 4 is 22.8 Å². The van der Waals surface area contributed by atoms with E-state index in [1.165, 1.54) is 0 Å². The van der Waals surface area contributed by atoms with Gasteiger partial charge in [-0.2, -0.15) is 0 Å². The molecule has 8 rings (SSSR count). The highest BCUT2D eigenvalue weighted by Crippen LogP contribution is 2.36. The molecule has 0 bridgehead atoms. The second-order valence-corrected chi connectivity index (χ2v) is 14.1. The lowest BCUT2D eigenvalue weighted by molar-refractivity contribution is -0.243. The Labute approximate surface area is 334 Å². The number of aliphatic imine (C=N–C) groups is 1. The summed E-state index contributed by atoms with van der Waals surface area (Å²) in [4.78, 5) is 15.6. The molecule has 0 saturated heterocycles. The molecule has 5 nitrogen and oxygen atoms in total. The van der Waals surface area contributed by atoms with Crippen LogP contribution < -0.4 is 5.73 Å². The van der Waals surface area contributed by atoms with Gasteiger partial charge in [-0.3, -0.25) is 4.99 Å². The number of rotatable bonds is 10. The molecule has 0 aliphatic carbocycles. The molecule has 0 aliphatic heterocycles. The summed E-state index contributed by atoms with van der Waals surface area (Å²) < 4.78 is 0. The molecule has 0 aliphatic rings. The van der Waals surface area contributed by atoms with E-state index in [1.54, 1.807) is 13.0 Å². The van der Waals surface area contributed by atoms with E-state index in [1.807, 2.05) is 48.5 Å². The van der Waals surface area contributed by atoms with Crippen molar-refractivity contribution in [2.45, 2.75) is 13.8 Å². The van der Waals surface area contributed by atoms with Gasteiger partial charge in [0.25, 0.3) is 0 Å². The summed E-state index contributed by atoms with van der Waals surface area (Å²) in [6, 6.07) is 64.8. The molecule has 0 atom stereocenters. The van der Waals surface area contributed by atoms with Crippen LogP contribution in [0.2, 0.25) is 0 Å². The zero-order valence-corrected chi connectivity index (χ0v) is 32.0. The van der Waals surface area contributed by atoms with Crippen LogP contribution >= 0.6 is 0 Å². The Hall–Kier alpha value is -7.34. The van der Waals surface area contributed by atoms with Crippen molar-refractivity contribution in [3.63, 3.8) is 0 Å². The first kappa shape index (κ1) is 36.6. The standard InChI is InChI=1S/C52H41N5/c1-35(53)27-47(54)46-25-15-16-26-48(46)55-36(2)41-28-42(44-31-49(37-17-7-3-8-18-37)56-50(32-44)38-19-9-4-10-20-38)30-43(29-41)45-33-51(39-21-11-5-12-22-39)57-52(34-45)40-23-13-6-14-24-40/h3-34,53H,54H2,1-2H3/p+1. The number of hydrogen-bond donors (Lipinski definition) is 2. The van der Waals surface area contributed by atoms with Crippen molar-refractivity contribution in [3.8, 4) is 67.3 Å². The zero-order chi connectivity index (χ0) is 39.1. The lowest BCUT2D eigenvalue weighted by Crippen LogP contribution is -2.46. The number of nitrogens with one attached hydrogen (secondary N) is 1. The van der Waals surface area contributed by atoms with E-state index in [4.69, 9.17) is 20.4 Å². The summed E-state index contributed by atoms with van der Waals surface area (Å²) in [5, 5.41) is 8.05. The predicted octanol–water partition coefficient (Wildman–Crippen LogP) is 12.2. The Morgan fingerprint density at radius 1 is 0.456 bits per heavy atom. The number of para-hydroxylation sites is 1. The lowest BCUT2D eigenvalue weighted by atomic mass is 9.92. The molecule has 4 N–H and O–H groups in total. The van der Waals surface area contributed by atoms with E-state index in [-0.39, 0.29) is 0 Å². The monoisotopic (exact) mass is 736 g/mol. The Bertz CT molecular complexity index is 2490. The van der Waals surface area contributed by atoms with Crippen LogP contribution in [0.5, 0.6) is 0 Å². The van der Waals surface area contributed by atoms with E-state index in [0.29, 0.717) is 5.71 Å². The molecule has 0 unspecified atom stereocenters. The van der Waals surface area contributed by atoms with Gasteiger partial charge >= 0.3 is 0 Å². The third kappa shape index (κ3) is 8.50. The van der Waals surface area contributed by atoms with Gasteiger partial charge in [0.05, 0.1) is 34.0 Å². The first-order valence-electron chi connectivity index (χ1n) is 19.0. The van der Waals surface area contributed by atoms with Crippen LogP contribution in [-0.4, -0.2) is 21.4 Å². The number of hydrogen-bond acceptors (Lipinski definition) is 4. The minimum Gasteiger partial charge on any atom is -0.325 e. The minimum absolute atomic E-state index is 0.442. The molecule has 274 valence electrons. The third-order valence-electron chi connectivity index (χ3n) is 9.88. The average molecular weight is 737 g/mol. The van der Waals surface area contributed by atoms with Crippen molar-refractivity contribution in [1.29, 1.82) is 5.41 Å². The molecule has 2 aromatic heterocycles. The van der Waals surface area contributed by atoms with E-state index in [2.05, 4.69) is 152 Å². The molecule has 6 aromatic carbocycles. The van der Waals surface area contributed by atoms with Crippen LogP contribution in [0.4, 0.5) is 5.69 Å². The van der Waals surface area contributed by atoms with Crippen LogP contribution in [0.15, 0.2) is 199 Å². The molecule has 0 fully saturated rings. The van der Waals surface area contributed by atoms with Crippen LogP contribution in [0.1, 0.15) is 25.0 Å². The van der Waals surface area contributed by atoms with Gasteiger partial charge in [0.1, 0.15) is 5.70 Å². The molecule has 0 spiro atoms. The van der Waals surface area contributed by atoms with Crippen molar-refractivity contribution in [2.75, 3.05) is 0 Å².